The van der Waals surface area contributed by atoms with Crippen LogP contribution in [0.2, 0.25) is 0 Å². The van der Waals surface area contributed by atoms with Crippen LogP contribution < -0.4 is 67.6 Å². The van der Waals surface area contributed by atoms with Crippen molar-refractivity contribution in [2.45, 2.75) is 50.4 Å². The number of thiophene rings is 1. The Kier molecular flexibility index (Phi) is 26.8. The van der Waals surface area contributed by atoms with Gasteiger partial charge in [-0.25, -0.2) is 62.6 Å². The standard InChI is InChI=1S/C19H28N4O4S.C18H18N2O5S.C17H21N3O5S.C16H18N4O4S2/c1-22(28(4,24)25)8-5-14-6-9-23(10-7-14)19-15-11-17(26-2)18(27-3)12-16(15)20-13-21-19;1-23-17-8-14-15(9-18(17)24-2)19-7-6-16(14)25-13-5-4-12(20-10-13)11-26(3,21)22;1-24-15-8-12-13(4-5-18-14(12)9-16(15)25-2)19-17(21)10-6-11(7-10)20-26(3,22)23;1-23-13-6-11-12(7-14(13)24-2)18-9-19-16(11)17-8-10-4-5-15(25-10)20-26(3,21)22/h11-14H,5-10H2,1-4H3;4-10H,11H2,1-3H3;4-5,8-11,20H,6-7H2,1-3H3,(H,18,19,21);4-7,9,20H,8H2,1-3H3,(H,17,18,19). The molecule has 2 fully saturated rings. The second kappa shape index (κ2) is 35.4. The van der Waals surface area contributed by atoms with Crippen LogP contribution >= 0.6 is 11.3 Å². The van der Waals surface area contributed by atoms with Crippen LogP contribution in [0.1, 0.15) is 42.7 Å². The van der Waals surface area contributed by atoms with Gasteiger partial charge >= 0.3 is 0 Å². The lowest BCUT2D eigenvalue weighted by Crippen LogP contribution is -2.47. The normalized spacial score (nSPS) is 14.6. The highest BCUT2D eigenvalue weighted by Gasteiger charge is 2.36. The highest BCUT2D eigenvalue weighted by atomic mass is 32.2. The number of rotatable bonds is 26. The molecular formula is C70H85N13O18S5. The minimum absolute atomic E-state index is 0.109. The van der Waals surface area contributed by atoms with Crippen molar-refractivity contribution < 1.29 is 81.1 Å². The number of anilines is 4. The summed E-state index contributed by atoms with van der Waals surface area (Å²) in [5.74, 6) is 7.41. The Hall–Kier alpha value is -9.98. The molecule has 1 aliphatic carbocycles. The summed E-state index contributed by atoms with van der Waals surface area (Å²) in [7, 11) is 1.45. The van der Waals surface area contributed by atoms with Crippen LogP contribution in [-0.4, -0.2) is 193 Å². The molecule has 1 saturated carbocycles. The van der Waals surface area contributed by atoms with Crippen molar-refractivity contribution in [2.75, 3.05) is 129 Å². The SMILES string of the molecule is COc1cc2nccc(NC(=O)C3CC(NS(C)(=O)=O)C3)c2cc1OC.COc1cc2nccc(Oc3ccc(CS(C)(=O)=O)nc3)c2cc1OC.COc1cc2ncnc(N3CCC(CCN(C)S(C)(=O)=O)CC3)c2cc1OC.COc1cc2ncnc(NCc3ccc(NS(C)(=O)=O)s3)c2cc1OC. The molecule has 0 radical (unpaired) electrons. The summed E-state index contributed by atoms with van der Waals surface area (Å²) in [6.45, 7) is 2.83. The van der Waals surface area contributed by atoms with Crippen molar-refractivity contribution in [1.29, 1.82) is 0 Å². The number of hydrogen-bond donors (Lipinski definition) is 4. The number of nitrogens with one attached hydrogen (secondary N) is 4. The zero-order chi connectivity index (χ0) is 76.7. The summed E-state index contributed by atoms with van der Waals surface area (Å²) in [5, 5.41) is 9.97. The molecule has 1 amide bonds. The van der Waals surface area contributed by atoms with Crippen molar-refractivity contribution in [1.82, 2.24) is 43.9 Å². The van der Waals surface area contributed by atoms with E-state index in [1.54, 1.807) is 143 Å². The van der Waals surface area contributed by atoms with Crippen LogP contribution in [0, 0.1) is 11.8 Å². The van der Waals surface area contributed by atoms with Crippen molar-refractivity contribution in [2.24, 2.45) is 11.8 Å². The van der Waals surface area contributed by atoms with Gasteiger partial charge in [-0.15, -0.1) is 11.3 Å². The quantitative estimate of drug-likeness (QED) is 0.0392. The third-order valence-electron chi connectivity index (χ3n) is 17.0. The van der Waals surface area contributed by atoms with E-state index >= 15 is 0 Å². The summed E-state index contributed by atoms with van der Waals surface area (Å²) < 4.78 is 146. The van der Waals surface area contributed by atoms with Gasteiger partial charge in [0.1, 0.15) is 40.8 Å². The van der Waals surface area contributed by atoms with Gasteiger partial charge in [-0.05, 0) is 98.7 Å². The average Bonchev–Trinajstić information content (AvgIpc) is 0.817. The van der Waals surface area contributed by atoms with Crippen molar-refractivity contribution in [3.05, 3.63) is 127 Å². The first kappa shape index (κ1) is 80.1. The molecule has 0 bridgehead atoms. The smallest absolute Gasteiger partial charge is 0.230 e. The number of fused-ring (bicyclic) bond motifs is 4. The fourth-order valence-corrected chi connectivity index (χ4v) is 15.2. The number of sulfone groups is 1. The number of ether oxygens (including phenoxy) is 9. The number of carbonyl (C=O) groups excluding carboxylic acids is 1. The number of piperidine rings is 1. The van der Waals surface area contributed by atoms with E-state index in [-0.39, 0.29) is 23.6 Å². The van der Waals surface area contributed by atoms with Crippen LogP contribution in [0.3, 0.4) is 0 Å². The van der Waals surface area contributed by atoms with E-state index in [9.17, 15) is 38.5 Å². The Morgan fingerprint density at radius 3 is 1.59 bits per heavy atom. The maximum Gasteiger partial charge on any atom is 0.230 e. The fourth-order valence-electron chi connectivity index (χ4n) is 11.5. The molecule has 0 spiro atoms. The molecule has 6 aromatic heterocycles. The summed E-state index contributed by atoms with van der Waals surface area (Å²) in [6.07, 6.45) is 16.3. The minimum atomic E-state index is -3.28. The van der Waals surface area contributed by atoms with Gasteiger partial charge in [-0.2, -0.15) is 0 Å². The highest BCUT2D eigenvalue weighted by molar-refractivity contribution is 7.92. The second-order valence-corrected chi connectivity index (χ2v) is 33.6. The van der Waals surface area contributed by atoms with Crippen molar-refractivity contribution >= 4 is 123 Å². The van der Waals surface area contributed by atoms with Gasteiger partial charge in [0.25, 0.3) is 0 Å². The molecule has 1 aliphatic heterocycles. The fraction of sp³-hybridized carbons (Fsp3) is 0.371. The molecule has 12 rings (SSSR count). The predicted octanol–water partition coefficient (Wildman–Crippen LogP) is 9.34. The molecular weight excluding hydrogens is 1470 g/mol. The number of aromatic nitrogens is 7. The number of methoxy groups -OCH3 is 8. The largest absolute Gasteiger partial charge is 0.493 e. The van der Waals surface area contributed by atoms with Gasteiger partial charge in [-0.1, -0.05) is 0 Å². The molecule has 0 unspecified atom stereocenters. The van der Waals surface area contributed by atoms with Gasteiger partial charge in [-0.3, -0.25) is 24.5 Å². The van der Waals surface area contributed by atoms with Crippen LogP contribution in [0.15, 0.2) is 116 Å². The van der Waals surface area contributed by atoms with E-state index < -0.39 is 39.9 Å². The highest BCUT2D eigenvalue weighted by Crippen LogP contribution is 2.41. The summed E-state index contributed by atoms with van der Waals surface area (Å²) >= 11 is 1.36. The number of carbonyl (C=O) groups is 1. The molecule has 4 aromatic carbocycles. The molecule has 10 aromatic rings. The summed E-state index contributed by atoms with van der Waals surface area (Å²) in [6, 6.07) is 24.7. The topological polar surface area (TPSA) is 382 Å². The molecule has 2 aliphatic rings. The number of amides is 1. The predicted molar refractivity (Wildman–Crippen MR) is 408 cm³/mol. The number of pyridine rings is 3. The molecule has 568 valence electrons. The van der Waals surface area contributed by atoms with Gasteiger partial charge in [0.15, 0.2) is 55.8 Å². The molecule has 7 heterocycles. The molecule has 0 atom stereocenters. The lowest BCUT2D eigenvalue weighted by Gasteiger charge is -2.34. The molecule has 36 heteroatoms. The van der Waals surface area contributed by atoms with Crippen molar-refractivity contribution in [3.8, 4) is 57.5 Å². The first-order chi connectivity index (χ1) is 50.4. The summed E-state index contributed by atoms with van der Waals surface area (Å²) in [5.41, 5.74) is 4.00. The lowest BCUT2D eigenvalue weighted by atomic mass is 9.80. The number of hydrogen-bond acceptors (Lipinski definition) is 28. The van der Waals surface area contributed by atoms with E-state index in [4.69, 9.17) is 42.6 Å². The van der Waals surface area contributed by atoms with Crippen molar-refractivity contribution in [3.63, 3.8) is 0 Å². The molecule has 31 nitrogen and oxygen atoms in total. The van der Waals surface area contributed by atoms with E-state index in [1.807, 2.05) is 24.3 Å². The maximum atomic E-state index is 12.5. The van der Waals surface area contributed by atoms with Gasteiger partial charge in [0.2, 0.25) is 36.0 Å². The van der Waals surface area contributed by atoms with Gasteiger partial charge in [0, 0.05) is 108 Å². The Labute approximate surface area is 619 Å². The minimum Gasteiger partial charge on any atom is -0.493 e. The van der Waals surface area contributed by atoms with E-state index in [1.165, 1.54) is 40.7 Å². The third-order valence-corrected chi connectivity index (χ3v) is 21.6. The Morgan fingerprint density at radius 2 is 1.07 bits per heavy atom. The Morgan fingerprint density at radius 1 is 0.557 bits per heavy atom. The molecule has 1 saturated heterocycles. The lowest BCUT2D eigenvalue weighted by molar-refractivity contribution is -0.122. The maximum absolute atomic E-state index is 12.5. The number of benzene rings is 4. The molecule has 106 heavy (non-hydrogen) atoms. The zero-order valence-electron chi connectivity index (χ0n) is 60.7. The van der Waals surface area contributed by atoms with Crippen LogP contribution in [0.4, 0.5) is 22.3 Å². The Balaban J connectivity index is 0.000000164. The van der Waals surface area contributed by atoms with E-state index in [2.05, 4.69) is 59.9 Å². The monoisotopic (exact) mass is 1560 g/mol. The molecule has 4 N–H and O–H groups in total. The second-order valence-electron chi connectivity index (χ2n) is 24.7. The zero-order valence-corrected chi connectivity index (χ0v) is 64.8. The first-order valence-electron chi connectivity index (χ1n) is 32.7. The van der Waals surface area contributed by atoms with Crippen LogP contribution in [0.25, 0.3) is 43.6 Å². The average molecular weight is 1560 g/mol. The number of sulfonamides is 3. The van der Waals surface area contributed by atoms with Crippen LogP contribution in [0.5, 0.6) is 57.5 Å². The first-order valence-corrected chi connectivity index (χ1v) is 41.2. The third kappa shape index (κ3) is 21.6. The van der Waals surface area contributed by atoms with E-state index in [0.29, 0.717) is 123 Å². The van der Waals surface area contributed by atoms with Gasteiger partial charge in [0.05, 0.1) is 128 Å². The van der Waals surface area contributed by atoms with E-state index in [0.717, 1.165) is 88.1 Å². The van der Waals surface area contributed by atoms with Gasteiger partial charge < -0.3 is 58.2 Å². The number of nitrogens with zero attached hydrogens (tertiary/aromatic N) is 9. The summed E-state index contributed by atoms with van der Waals surface area (Å²) in [4.78, 5) is 45.9. The Bertz CT molecular complexity index is 5230. The van der Waals surface area contributed by atoms with Crippen LogP contribution in [-0.2, 0) is 57.0 Å².